The van der Waals surface area contributed by atoms with Crippen LogP contribution in [0.3, 0.4) is 0 Å². The van der Waals surface area contributed by atoms with Gasteiger partial charge in [0, 0.05) is 25.5 Å². The highest BCUT2D eigenvalue weighted by Crippen LogP contribution is 1.96. The summed E-state index contributed by atoms with van der Waals surface area (Å²) in [6, 6.07) is 4.06. The van der Waals surface area contributed by atoms with E-state index in [9.17, 15) is 0 Å². The molecule has 0 amide bonds. The first-order chi connectivity index (χ1) is 6.36. The lowest BCUT2D eigenvalue weighted by atomic mass is 10.5. The maximum atomic E-state index is 3.73. The van der Waals surface area contributed by atoms with Gasteiger partial charge in [0.1, 0.15) is 0 Å². The number of hydrogen-bond acceptors (Lipinski definition) is 1. The van der Waals surface area contributed by atoms with Crippen LogP contribution in [0.15, 0.2) is 49.8 Å². The first-order valence-corrected chi connectivity index (χ1v) is 4.41. The molecule has 0 N–H and O–H groups in total. The predicted octanol–water partition coefficient (Wildman–Crippen LogP) is 2.12. The molecule has 0 aliphatic carbocycles. The third-order valence-electron chi connectivity index (χ3n) is 1.80. The van der Waals surface area contributed by atoms with Crippen LogP contribution in [-0.4, -0.2) is 22.6 Å². The molecule has 1 heterocycles. The average Bonchev–Trinajstić information content (AvgIpc) is 2.58. The third kappa shape index (κ3) is 3.30. The minimum Gasteiger partial charge on any atom is -0.341 e. The van der Waals surface area contributed by atoms with Crippen LogP contribution < -0.4 is 0 Å². The van der Waals surface area contributed by atoms with Gasteiger partial charge in [0.2, 0.25) is 0 Å². The largest absolute Gasteiger partial charge is 0.341 e. The fraction of sp³-hybridized carbons (Fsp3) is 0.273. The molecule has 0 aromatic carbocycles. The Morgan fingerprint density at radius 3 is 2.08 bits per heavy atom. The average molecular weight is 176 g/mol. The van der Waals surface area contributed by atoms with Crippen LogP contribution in [0, 0.1) is 0 Å². The first kappa shape index (κ1) is 9.81. The van der Waals surface area contributed by atoms with E-state index in [4.69, 9.17) is 0 Å². The van der Waals surface area contributed by atoms with E-state index in [0.29, 0.717) is 0 Å². The van der Waals surface area contributed by atoms with Crippen molar-refractivity contribution in [2.75, 3.05) is 13.1 Å². The van der Waals surface area contributed by atoms with Crippen molar-refractivity contribution in [3.63, 3.8) is 0 Å². The van der Waals surface area contributed by atoms with Gasteiger partial charge in [-0.25, -0.2) is 0 Å². The monoisotopic (exact) mass is 176 g/mol. The van der Waals surface area contributed by atoms with Gasteiger partial charge in [0.25, 0.3) is 0 Å². The molecule has 0 bridgehead atoms. The van der Waals surface area contributed by atoms with E-state index >= 15 is 0 Å². The van der Waals surface area contributed by atoms with Gasteiger partial charge >= 0.3 is 0 Å². The molecule has 2 heteroatoms. The summed E-state index contributed by atoms with van der Waals surface area (Å²) in [5, 5.41) is 0. The summed E-state index contributed by atoms with van der Waals surface area (Å²) in [6.07, 6.45) is 7.93. The molecule has 0 saturated heterocycles. The fourth-order valence-electron chi connectivity index (χ4n) is 1.25. The van der Waals surface area contributed by atoms with Gasteiger partial charge in [-0.1, -0.05) is 12.2 Å². The van der Waals surface area contributed by atoms with Crippen molar-refractivity contribution in [3.8, 4) is 0 Å². The molecule has 0 aliphatic heterocycles. The van der Waals surface area contributed by atoms with Gasteiger partial charge in [-0.05, 0) is 12.1 Å². The standard InChI is InChI=1S/C11H16N2/c1-3-7-12(8-4-2)11-13-9-5-6-10-13/h3-6,9-10H,1-2,7-8,11H2. The molecule has 0 atom stereocenters. The van der Waals surface area contributed by atoms with Crippen molar-refractivity contribution in [1.29, 1.82) is 0 Å². The minimum absolute atomic E-state index is 0.893. The van der Waals surface area contributed by atoms with Crippen LogP contribution in [-0.2, 0) is 6.67 Å². The van der Waals surface area contributed by atoms with Gasteiger partial charge in [-0.2, -0.15) is 0 Å². The predicted molar refractivity (Wildman–Crippen MR) is 56.4 cm³/mol. The van der Waals surface area contributed by atoms with E-state index < -0.39 is 0 Å². The van der Waals surface area contributed by atoms with Crippen molar-refractivity contribution >= 4 is 0 Å². The van der Waals surface area contributed by atoms with Gasteiger partial charge in [-0.15, -0.1) is 13.2 Å². The molecular formula is C11H16N2. The Balaban J connectivity index is 2.46. The molecule has 0 spiro atoms. The van der Waals surface area contributed by atoms with Gasteiger partial charge in [0.15, 0.2) is 0 Å². The van der Waals surface area contributed by atoms with Gasteiger partial charge < -0.3 is 4.57 Å². The lowest BCUT2D eigenvalue weighted by Gasteiger charge is -2.19. The van der Waals surface area contributed by atoms with Crippen molar-refractivity contribution in [2.45, 2.75) is 6.67 Å². The quantitative estimate of drug-likeness (QED) is 0.603. The maximum absolute atomic E-state index is 3.73. The van der Waals surface area contributed by atoms with E-state index in [1.54, 1.807) is 0 Å². The summed E-state index contributed by atoms with van der Waals surface area (Å²) in [5.41, 5.74) is 0. The van der Waals surface area contributed by atoms with Crippen molar-refractivity contribution in [1.82, 2.24) is 9.47 Å². The second-order valence-corrected chi connectivity index (χ2v) is 2.95. The van der Waals surface area contributed by atoms with E-state index in [0.717, 1.165) is 19.8 Å². The summed E-state index contributed by atoms with van der Waals surface area (Å²) >= 11 is 0. The van der Waals surface area contributed by atoms with Crippen LogP contribution in [0.4, 0.5) is 0 Å². The molecule has 0 fully saturated rings. The van der Waals surface area contributed by atoms with E-state index in [1.165, 1.54) is 0 Å². The molecule has 70 valence electrons. The fourth-order valence-corrected chi connectivity index (χ4v) is 1.25. The number of hydrogen-bond donors (Lipinski definition) is 0. The molecule has 0 unspecified atom stereocenters. The van der Waals surface area contributed by atoms with Crippen LogP contribution in [0.1, 0.15) is 0 Å². The van der Waals surface area contributed by atoms with Crippen LogP contribution in [0.5, 0.6) is 0 Å². The van der Waals surface area contributed by atoms with E-state index in [2.05, 4.69) is 35.0 Å². The molecule has 0 radical (unpaired) electrons. The van der Waals surface area contributed by atoms with E-state index in [1.807, 2.05) is 24.3 Å². The molecule has 1 aromatic rings. The zero-order valence-electron chi connectivity index (χ0n) is 7.89. The lowest BCUT2D eigenvalue weighted by molar-refractivity contribution is 0.268. The minimum atomic E-state index is 0.893. The summed E-state index contributed by atoms with van der Waals surface area (Å²) in [7, 11) is 0. The smallest absolute Gasteiger partial charge is 0.0750 e. The third-order valence-corrected chi connectivity index (χ3v) is 1.80. The molecule has 1 rings (SSSR count). The second kappa shape index (κ2) is 5.38. The second-order valence-electron chi connectivity index (χ2n) is 2.95. The van der Waals surface area contributed by atoms with Crippen LogP contribution in [0.2, 0.25) is 0 Å². The SMILES string of the molecule is C=CCN(CC=C)Cn1cccc1. The van der Waals surface area contributed by atoms with Crippen LogP contribution >= 0.6 is 0 Å². The Labute approximate surface area is 79.8 Å². The molecule has 2 nitrogen and oxygen atoms in total. The summed E-state index contributed by atoms with van der Waals surface area (Å²) < 4.78 is 2.13. The normalized spacial score (nSPS) is 10.2. The number of rotatable bonds is 6. The van der Waals surface area contributed by atoms with Crippen LogP contribution in [0.25, 0.3) is 0 Å². The molecule has 1 aromatic heterocycles. The Morgan fingerprint density at radius 2 is 1.62 bits per heavy atom. The Kier molecular flexibility index (Phi) is 4.06. The van der Waals surface area contributed by atoms with Gasteiger partial charge in [-0.3, -0.25) is 4.90 Å². The lowest BCUT2D eigenvalue weighted by Crippen LogP contribution is -2.26. The van der Waals surface area contributed by atoms with Gasteiger partial charge in [0.05, 0.1) is 6.67 Å². The maximum Gasteiger partial charge on any atom is 0.0750 e. The number of aromatic nitrogens is 1. The van der Waals surface area contributed by atoms with Crippen molar-refractivity contribution in [3.05, 3.63) is 49.8 Å². The Morgan fingerprint density at radius 1 is 1.08 bits per heavy atom. The van der Waals surface area contributed by atoms with E-state index in [-0.39, 0.29) is 0 Å². The van der Waals surface area contributed by atoms with Crippen molar-refractivity contribution < 1.29 is 0 Å². The molecule has 13 heavy (non-hydrogen) atoms. The highest BCUT2D eigenvalue weighted by molar-refractivity contribution is 4.90. The summed E-state index contributed by atoms with van der Waals surface area (Å²) in [6.45, 7) is 10.1. The highest BCUT2D eigenvalue weighted by atomic mass is 15.2. The zero-order chi connectivity index (χ0) is 9.52. The molecule has 0 saturated carbocycles. The Hall–Kier alpha value is -1.28. The zero-order valence-corrected chi connectivity index (χ0v) is 7.89. The first-order valence-electron chi connectivity index (χ1n) is 4.41. The van der Waals surface area contributed by atoms with Crippen molar-refractivity contribution in [2.24, 2.45) is 0 Å². The highest BCUT2D eigenvalue weighted by Gasteiger charge is 1.99. The number of nitrogens with zero attached hydrogens (tertiary/aromatic N) is 2. The summed E-state index contributed by atoms with van der Waals surface area (Å²) in [5.74, 6) is 0. The summed E-state index contributed by atoms with van der Waals surface area (Å²) in [4.78, 5) is 2.25. The molecular weight excluding hydrogens is 160 g/mol. The molecule has 0 aliphatic rings. The Bertz CT molecular complexity index is 239. The topological polar surface area (TPSA) is 8.17 Å².